The highest BCUT2D eigenvalue weighted by Gasteiger charge is 2.22. The summed E-state index contributed by atoms with van der Waals surface area (Å²) in [6.45, 7) is 2.07. The molecule has 4 N–H and O–H groups in total. The molecule has 0 saturated heterocycles. The van der Waals surface area contributed by atoms with E-state index in [9.17, 15) is 14.4 Å². The minimum absolute atomic E-state index is 0.0921. The van der Waals surface area contributed by atoms with E-state index in [0.717, 1.165) is 11.9 Å². The SMILES string of the molecule is CC(=O)NC(CSNC1=NCCN1CC(=O)O)C(=O)O. The van der Waals surface area contributed by atoms with Gasteiger partial charge in [-0.15, -0.1) is 0 Å². The monoisotopic (exact) mass is 304 g/mol. The molecule has 1 rings (SSSR count). The first kappa shape index (κ1) is 16.1. The summed E-state index contributed by atoms with van der Waals surface area (Å²) in [5.41, 5.74) is 0. The number of nitrogens with zero attached hydrogens (tertiary/aromatic N) is 2. The highest BCUT2D eigenvalue weighted by Crippen LogP contribution is 2.05. The third-order valence-electron chi connectivity index (χ3n) is 2.35. The van der Waals surface area contributed by atoms with E-state index in [2.05, 4.69) is 15.0 Å². The number of carbonyl (C=O) groups excluding carboxylic acids is 1. The molecule has 0 fully saturated rings. The summed E-state index contributed by atoms with van der Waals surface area (Å²) in [5, 5.41) is 19.9. The zero-order chi connectivity index (χ0) is 15.1. The number of rotatable bonds is 7. The minimum Gasteiger partial charge on any atom is -0.480 e. The fraction of sp³-hybridized carbons (Fsp3) is 0.600. The normalized spacial score (nSPS) is 15.4. The molecule has 0 saturated carbocycles. The average Bonchev–Trinajstić information content (AvgIpc) is 2.74. The Morgan fingerprint density at radius 1 is 1.45 bits per heavy atom. The number of aliphatic carboxylic acids is 2. The van der Waals surface area contributed by atoms with Gasteiger partial charge < -0.3 is 25.2 Å². The highest BCUT2D eigenvalue weighted by molar-refractivity contribution is 7.98. The number of carbonyl (C=O) groups is 3. The van der Waals surface area contributed by atoms with Gasteiger partial charge in [0.25, 0.3) is 0 Å². The molecule has 0 aliphatic carbocycles. The lowest BCUT2D eigenvalue weighted by Crippen LogP contribution is -2.43. The van der Waals surface area contributed by atoms with Crippen LogP contribution in [0.15, 0.2) is 4.99 Å². The van der Waals surface area contributed by atoms with Gasteiger partial charge in [0, 0.05) is 19.2 Å². The van der Waals surface area contributed by atoms with Gasteiger partial charge in [-0.3, -0.25) is 14.6 Å². The Kier molecular flexibility index (Phi) is 6.10. The molecule has 9 nitrogen and oxygen atoms in total. The number of carboxylic acids is 2. The van der Waals surface area contributed by atoms with Crippen molar-refractivity contribution in [1.29, 1.82) is 0 Å². The average molecular weight is 304 g/mol. The Bertz CT molecular complexity index is 428. The summed E-state index contributed by atoms with van der Waals surface area (Å²) < 4.78 is 2.81. The van der Waals surface area contributed by atoms with Gasteiger partial charge in [-0.1, -0.05) is 0 Å². The fourth-order valence-corrected chi connectivity index (χ4v) is 2.30. The molecule has 1 heterocycles. The van der Waals surface area contributed by atoms with E-state index in [1.807, 2.05) is 0 Å². The predicted octanol–water partition coefficient (Wildman–Crippen LogP) is -1.43. The van der Waals surface area contributed by atoms with Crippen LogP contribution in [0.2, 0.25) is 0 Å². The van der Waals surface area contributed by atoms with Gasteiger partial charge in [0.2, 0.25) is 11.9 Å². The lowest BCUT2D eigenvalue weighted by Gasteiger charge is -2.19. The molecule has 1 aliphatic rings. The van der Waals surface area contributed by atoms with Crippen LogP contribution in [0.25, 0.3) is 0 Å². The van der Waals surface area contributed by atoms with Crippen molar-refractivity contribution in [3.05, 3.63) is 0 Å². The standard InChI is InChI=1S/C10H16N4O5S/c1-6(15)12-7(9(18)19)5-20-13-10-11-2-3-14(10)4-8(16)17/h7H,2-5H2,1H3,(H,11,13)(H,12,15)(H,16,17)(H,18,19). The molecule has 1 atom stereocenters. The number of hydrogen-bond acceptors (Lipinski definition) is 7. The molecule has 20 heavy (non-hydrogen) atoms. The van der Waals surface area contributed by atoms with Crippen molar-refractivity contribution in [2.75, 3.05) is 25.4 Å². The number of aliphatic imine (C=N–C) groups is 1. The number of hydrogen-bond donors (Lipinski definition) is 4. The molecule has 10 heteroatoms. The quantitative estimate of drug-likeness (QED) is 0.421. The molecule has 1 amide bonds. The van der Waals surface area contributed by atoms with Crippen molar-refractivity contribution in [3.8, 4) is 0 Å². The van der Waals surface area contributed by atoms with E-state index in [0.29, 0.717) is 19.0 Å². The summed E-state index contributed by atoms with van der Waals surface area (Å²) in [6, 6.07) is -1.01. The number of guanidine groups is 1. The summed E-state index contributed by atoms with van der Waals surface area (Å²) in [4.78, 5) is 38.0. The van der Waals surface area contributed by atoms with E-state index < -0.39 is 23.9 Å². The van der Waals surface area contributed by atoms with Gasteiger partial charge in [-0.05, 0) is 11.9 Å². The lowest BCUT2D eigenvalue weighted by molar-refractivity contribution is -0.140. The first-order chi connectivity index (χ1) is 9.40. The third kappa shape index (κ3) is 5.34. The second-order valence-corrected chi connectivity index (χ2v) is 4.85. The van der Waals surface area contributed by atoms with Crippen LogP contribution in [0, 0.1) is 0 Å². The van der Waals surface area contributed by atoms with Gasteiger partial charge in [0.1, 0.15) is 12.6 Å². The summed E-state index contributed by atoms with van der Waals surface area (Å²) in [5.74, 6) is -2.03. The van der Waals surface area contributed by atoms with Crippen LogP contribution in [0.5, 0.6) is 0 Å². The molecule has 0 aromatic rings. The maximum atomic E-state index is 10.9. The third-order valence-corrected chi connectivity index (χ3v) is 3.17. The molecule has 112 valence electrons. The molecule has 0 bridgehead atoms. The predicted molar refractivity (Wildman–Crippen MR) is 72.3 cm³/mol. The maximum Gasteiger partial charge on any atom is 0.327 e. The number of amides is 1. The second kappa shape index (κ2) is 7.58. The molecule has 0 radical (unpaired) electrons. The molecule has 0 aromatic carbocycles. The van der Waals surface area contributed by atoms with Crippen molar-refractivity contribution >= 4 is 35.8 Å². The van der Waals surface area contributed by atoms with Gasteiger partial charge in [-0.25, -0.2) is 4.79 Å². The number of nitrogens with one attached hydrogen (secondary N) is 2. The topological polar surface area (TPSA) is 131 Å². The van der Waals surface area contributed by atoms with Gasteiger partial charge in [-0.2, -0.15) is 0 Å². The van der Waals surface area contributed by atoms with Gasteiger partial charge >= 0.3 is 11.9 Å². The Morgan fingerprint density at radius 2 is 2.15 bits per heavy atom. The van der Waals surface area contributed by atoms with Crippen molar-refractivity contribution in [2.45, 2.75) is 13.0 Å². The van der Waals surface area contributed by atoms with Crippen LogP contribution in [-0.4, -0.2) is 70.3 Å². The molecule has 1 unspecified atom stereocenters. The van der Waals surface area contributed by atoms with E-state index in [-0.39, 0.29) is 12.3 Å². The second-order valence-electron chi connectivity index (χ2n) is 4.03. The summed E-state index contributed by atoms with van der Waals surface area (Å²) >= 11 is 1.05. The summed E-state index contributed by atoms with van der Waals surface area (Å²) in [6.07, 6.45) is 0. The number of carboxylic acid groups (broad SMARTS) is 2. The highest BCUT2D eigenvalue weighted by atomic mass is 32.2. The smallest absolute Gasteiger partial charge is 0.327 e. The Balaban J connectivity index is 2.40. The Hall–Kier alpha value is -1.97. The maximum absolute atomic E-state index is 10.9. The largest absolute Gasteiger partial charge is 0.480 e. The van der Waals surface area contributed by atoms with E-state index in [1.54, 1.807) is 4.90 Å². The van der Waals surface area contributed by atoms with Gasteiger partial charge in [0.15, 0.2) is 0 Å². The first-order valence-electron chi connectivity index (χ1n) is 5.79. The molecular formula is C10H16N4O5S. The van der Waals surface area contributed by atoms with E-state index in [1.165, 1.54) is 6.92 Å². The zero-order valence-electron chi connectivity index (χ0n) is 10.8. The Morgan fingerprint density at radius 3 is 2.70 bits per heavy atom. The van der Waals surface area contributed by atoms with E-state index >= 15 is 0 Å². The minimum atomic E-state index is -1.13. The molecule has 0 aromatic heterocycles. The van der Waals surface area contributed by atoms with Crippen LogP contribution in [0.4, 0.5) is 0 Å². The van der Waals surface area contributed by atoms with Crippen molar-refractivity contribution in [2.24, 2.45) is 4.99 Å². The van der Waals surface area contributed by atoms with Crippen molar-refractivity contribution in [1.82, 2.24) is 14.9 Å². The zero-order valence-corrected chi connectivity index (χ0v) is 11.6. The fourth-order valence-electron chi connectivity index (χ4n) is 1.51. The van der Waals surface area contributed by atoms with E-state index in [4.69, 9.17) is 10.2 Å². The molecular weight excluding hydrogens is 288 g/mol. The van der Waals surface area contributed by atoms with Gasteiger partial charge in [0.05, 0.1) is 6.54 Å². The van der Waals surface area contributed by atoms with Crippen LogP contribution >= 0.6 is 11.9 Å². The van der Waals surface area contributed by atoms with Crippen LogP contribution < -0.4 is 10.0 Å². The Labute approximate surface area is 119 Å². The first-order valence-corrected chi connectivity index (χ1v) is 6.77. The molecule has 1 aliphatic heterocycles. The lowest BCUT2D eigenvalue weighted by atomic mass is 10.3. The summed E-state index contributed by atoms with van der Waals surface area (Å²) in [7, 11) is 0. The van der Waals surface area contributed by atoms with Crippen LogP contribution in [0.1, 0.15) is 6.92 Å². The van der Waals surface area contributed by atoms with Crippen molar-refractivity contribution in [3.63, 3.8) is 0 Å². The van der Waals surface area contributed by atoms with Crippen LogP contribution in [0.3, 0.4) is 0 Å². The molecule has 0 spiro atoms. The van der Waals surface area contributed by atoms with Crippen molar-refractivity contribution < 1.29 is 24.6 Å². The van der Waals surface area contributed by atoms with Crippen LogP contribution in [-0.2, 0) is 14.4 Å².